The number of nitrogens with one attached hydrogen (secondary N) is 1. The zero-order valence-corrected chi connectivity index (χ0v) is 13.2. The standard InChI is InChI=1S/C17H17F2NO4/c1-23-15-6-4-10(8-16(15)24-2)14(21)9-20-17(22)11-3-5-12(18)13(19)7-11/h3-8,14,21H,9H2,1-2H3,(H,20,22). The third-order valence-electron chi connectivity index (χ3n) is 3.43. The maximum absolute atomic E-state index is 13.1. The highest BCUT2D eigenvalue weighted by atomic mass is 19.2. The van der Waals surface area contributed by atoms with Gasteiger partial charge in [-0.2, -0.15) is 0 Å². The van der Waals surface area contributed by atoms with Crippen molar-refractivity contribution in [1.82, 2.24) is 5.32 Å². The lowest BCUT2D eigenvalue weighted by atomic mass is 10.1. The molecule has 0 saturated carbocycles. The van der Waals surface area contributed by atoms with E-state index in [1.54, 1.807) is 18.2 Å². The first-order chi connectivity index (χ1) is 11.5. The number of hydrogen-bond acceptors (Lipinski definition) is 4. The molecule has 0 spiro atoms. The zero-order chi connectivity index (χ0) is 17.7. The highest BCUT2D eigenvalue weighted by molar-refractivity contribution is 5.94. The predicted molar refractivity (Wildman–Crippen MR) is 83.2 cm³/mol. The van der Waals surface area contributed by atoms with E-state index in [4.69, 9.17) is 9.47 Å². The van der Waals surface area contributed by atoms with Crippen LogP contribution in [0.25, 0.3) is 0 Å². The van der Waals surface area contributed by atoms with E-state index in [2.05, 4.69) is 5.32 Å². The van der Waals surface area contributed by atoms with Crippen LogP contribution in [0.1, 0.15) is 22.0 Å². The zero-order valence-electron chi connectivity index (χ0n) is 13.2. The molecule has 0 fully saturated rings. The van der Waals surface area contributed by atoms with Gasteiger partial charge in [0, 0.05) is 12.1 Å². The van der Waals surface area contributed by atoms with E-state index in [0.29, 0.717) is 17.1 Å². The maximum atomic E-state index is 13.1. The number of aliphatic hydroxyl groups is 1. The molecule has 24 heavy (non-hydrogen) atoms. The van der Waals surface area contributed by atoms with E-state index < -0.39 is 23.6 Å². The smallest absolute Gasteiger partial charge is 0.251 e. The molecule has 0 bridgehead atoms. The Morgan fingerprint density at radius 3 is 2.42 bits per heavy atom. The molecule has 2 N–H and O–H groups in total. The highest BCUT2D eigenvalue weighted by Crippen LogP contribution is 2.29. The van der Waals surface area contributed by atoms with Crippen LogP contribution in [0.15, 0.2) is 36.4 Å². The van der Waals surface area contributed by atoms with E-state index in [0.717, 1.165) is 18.2 Å². The second kappa shape index (κ2) is 7.74. The predicted octanol–water partition coefficient (Wildman–Crippen LogP) is 2.45. The number of carbonyl (C=O) groups excluding carboxylic acids is 1. The molecule has 128 valence electrons. The molecule has 2 aromatic rings. The Labute approximate surface area is 137 Å². The van der Waals surface area contributed by atoms with Crippen molar-refractivity contribution in [2.45, 2.75) is 6.10 Å². The van der Waals surface area contributed by atoms with Crippen LogP contribution in [-0.2, 0) is 0 Å². The van der Waals surface area contributed by atoms with E-state index in [-0.39, 0.29) is 12.1 Å². The summed E-state index contributed by atoms with van der Waals surface area (Å²) in [5, 5.41) is 12.6. The van der Waals surface area contributed by atoms with Gasteiger partial charge in [0.2, 0.25) is 0 Å². The molecule has 1 unspecified atom stereocenters. The van der Waals surface area contributed by atoms with Crippen LogP contribution >= 0.6 is 0 Å². The van der Waals surface area contributed by atoms with Crippen molar-refractivity contribution in [2.24, 2.45) is 0 Å². The minimum absolute atomic E-state index is 0.0339. The largest absolute Gasteiger partial charge is 0.493 e. The Hall–Kier alpha value is -2.67. The van der Waals surface area contributed by atoms with Gasteiger partial charge in [-0.05, 0) is 35.9 Å². The Morgan fingerprint density at radius 2 is 1.79 bits per heavy atom. The van der Waals surface area contributed by atoms with Crippen LogP contribution in [0.3, 0.4) is 0 Å². The molecule has 2 aromatic carbocycles. The molecule has 7 heteroatoms. The molecular formula is C17H17F2NO4. The minimum Gasteiger partial charge on any atom is -0.493 e. The van der Waals surface area contributed by atoms with Gasteiger partial charge in [0.05, 0.1) is 20.3 Å². The summed E-state index contributed by atoms with van der Waals surface area (Å²) >= 11 is 0. The molecular weight excluding hydrogens is 320 g/mol. The third-order valence-corrected chi connectivity index (χ3v) is 3.43. The normalized spacial score (nSPS) is 11.7. The summed E-state index contributed by atoms with van der Waals surface area (Å²) in [7, 11) is 2.97. The summed E-state index contributed by atoms with van der Waals surface area (Å²) in [6.45, 7) is -0.104. The number of hydrogen-bond donors (Lipinski definition) is 2. The molecule has 1 atom stereocenters. The van der Waals surface area contributed by atoms with Crippen LogP contribution in [0.4, 0.5) is 8.78 Å². The summed E-state index contributed by atoms with van der Waals surface area (Å²) < 4.78 is 36.2. The summed E-state index contributed by atoms with van der Waals surface area (Å²) in [5.41, 5.74) is 0.478. The molecule has 0 aromatic heterocycles. The van der Waals surface area contributed by atoms with Crippen molar-refractivity contribution in [3.8, 4) is 11.5 Å². The quantitative estimate of drug-likeness (QED) is 0.850. The summed E-state index contributed by atoms with van der Waals surface area (Å²) in [4.78, 5) is 11.9. The van der Waals surface area contributed by atoms with E-state index in [9.17, 15) is 18.7 Å². The molecule has 2 rings (SSSR count). The number of halogens is 2. The Morgan fingerprint density at radius 1 is 1.08 bits per heavy atom. The van der Waals surface area contributed by atoms with Crippen molar-refractivity contribution >= 4 is 5.91 Å². The first-order valence-electron chi connectivity index (χ1n) is 7.09. The number of methoxy groups -OCH3 is 2. The van der Waals surface area contributed by atoms with E-state index in [1.807, 2.05) is 0 Å². The van der Waals surface area contributed by atoms with Crippen molar-refractivity contribution in [3.63, 3.8) is 0 Å². The third kappa shape index (κ3) is 3.99. The SMILES string of the molecule is COc1ccc(C(O)CNC(=O)c2ccc(F)c(F)c2)cc1OC. The summed E-state index contributed by atoms with van der Waals surface area (Å²) in [6.07, 6.45) is -1.00. The van der Waals surface area contributed by atoms with Crippen LogP contribution in [0, 0.1) is 11.6 Å². The topological polar surface area (TPSA) is 67.8 Å². The molecule has 0 aliphatic carbocycles. The second-order valence-corrected chi connectivity index (χ2v) is 4.97. The molecule has 0 heterocycles. The highest BCUT2D eigenvalue weighted by Gasteiger charge is 2.14. The lowest BCUT2D eigenvalue weighted by Crippen LogP contribution is -2.28. The molecule has 0 aliphatic heterocycles. The Kier molecular flexibility index (Phi) is 5.70. The van der Waals surface area contributed by atoms with Crippen LogP contribution in [0.5, 0.6) is 11.5 Å². The summed E-state index contributed by atoms with van der Waals surface area (Å²) in [5.74, 6) is -1.80. The monoisotopic (exact) mass is 337 g/mol. The van der Waals surface area contributed by atoms with Crippen LogP contribution < -0.4 is 14.8 Å². The van der Waals surface area contributed by atoms with Gasteiger partial charge >= 0.3 is 0 Å². The lowest BCUT2D eigenvalue weighted by molar-refractivity contribution is 0.0915. The minimum atomic E-state index is -1.11. The number of rotatable bonds is 6. The molecule has 0 radical (unpaired) electrons. The Bertz CT molecular complexity index is 737. The molecule has 1 amide bonds. The van der Waals surface area contributed by atoms with Gasteiger partial charge in [0.1, 0.15) is 0 Å². The van der Waals surface area contributed by atoms with Gasteiger partial charge in [-0.3, -0.25) is 4.79 Å². The van der Waals surface area contributed by atoms with Gasteiger partial charge in [0.15, 0.2) is 23.1 Å². The van der Waals surface area contributed by atoms with Crippen LogP contribution in [0.2, 0.25) is 0 Å². The van der Waals surface area contributed by atoms with Gasteiger partial charge in [-0.25, -0.2) is 8.78 Å². The second-order valence-electron chi connectivity index (χ2n) is 4.97. The Balaban J connectivity index is 2.03. The average Bonchev–Trinajstić information content (AvgIpc) is 2.60. The van der Waals surface area contributed by atoms with Gasteiger partial charge in [-0.15, -0.1) is 0 Å². The maximum Gasteiger partial charge on any atom is 0.251 e. The van der Waals surface area contributed by atoms with Crippen molar-refractivity contribution in [2.75, 3.05) is 20.8 Å². The number of carbonyl (C=O) groups is 1. The lowest BCUT2D eigenvalue weighted by Gasteiger charge is -2.15. The van der Waals surface area contributed by atoms with Gasteiger partial charge in [0.25, 0.3) is 5.91 Å². The fraction of sp³-hybridized carbons (Fsp3) is 0.235. The first kappa shape index (κ1) is 17.7. The first-order valence-corrected chi connectivity index (χ1v) is 7.09. The van der Waals surface area contributed by atoms with Gasteiger partial charge in [-0.1, -0.05) is 6.07 Å². The van der Waals surface area contributed by atoms with Crippen molar-refractivity contribution < 1.29 is 28.2 Å². The number of ether oxygens (including phenoxy) is 2. The van der Waals surface area contributed by atoms with Crippen molar-refractivity contribution in [1.29, 1.82) is 0 Å². The van der Waals surface area contributed by atoms with Crippen molar-refractivity contribution in [3.05, 3.63) is 59.2 Å². The number of amides is 1. The van der Waals surface area contributed by atoms with Crippen LogP contribution in [-0.4, -0.2) is 31.8 Å². The van der Waals surface area contributed by atoms with E-state index in [1.165, 1.54) is 14.2 Å². The fourth-order valence-corrected chi connectivity index (χ4v) is 2.11. The number of benzene rings is 2. The molecule has 0 saturated heterocycles. The molecule has 5 nitrogen and oxygen atoms in total. The fourth-order valence-electron chi connectivity index (χ4n) is 2.11. The van der Waals surface area contributed by atoms with Gasteiger partial charge < -0.3 is 19.9 Å². The molecule has 0 aliphatic rings. The average molecular weight is 337 g/mol. The number of aliphatic hydroxyl groups excluding tert-OH is 1. The summed E-state index contributed by atoms with van der Waals surface area (Å²) in [6, 6.07) is 7.69. The van der Waals surface area contributed by atoms with E-state index >= 15 is 0 Å².